The highest BCUT2D eigenvalue weighted by Gasteiger charge is 2.18. The van der Waals surface area contributed by atoms with Gasteiger partial charge in [-0.1, -0.05) is 39.7 Å². The summed E-state index contributed by atoms with van der Waals surface area (Å²) in [6.45, 7) is 3.23. The minimum Gasteiger partial charge on any atom is -0.341 e. The van der Waals surface area contributed by atoms with Crippen LogP contribution in [0.1, 0.15) is 23.1 Å². The highest BCUT2D eigenvalue weighted by Crippen LogP contribution is 2.35. The first-order chi connectivity index (χ1) is 9.69. The molecule has 0 spiro atoms. The van der Waals surface area contributed by atoms with E-state index in [1.165, 1.54) is 35.3 Å². The van der Waals surface area contributed by atoms with E-state index in [0.717, 1.165) is 16.6 Å². The van der Waals surface area contributed by atoms with E-state index in [1.807, 2.05) is 0 Å². The fraction of sp³-hybridized carbons (Fsp3) is 0.294. The second-order valence-electron chi connectivity index (χ2n) is 5.30. The van der Waals surface area contributed by atoms with Crippen molar-refractivity contribution in [3.8, 4) is 0 Å². The Labute approximate surface area is 133 Å². The smallest absolute Gasteiger partial charge is 0.0485 e. The van der Waals surface area contributed by atoms with Crippen LogP contribution in [-0.4, -0.2) is 6.54 Å². The average Bonchev–Trinajstić information content (AvgIpc) is 2.46. The average molecular weight is 351 g/mol. The Balaban J connectivity index is 2.02. The van der Waals surface area contributed by atoms with E-state index in [0.29, 0.717) is 5.88 Å². The van der Waals surface area contributed by atoms with Gasteiger partial charge in [0, 0.05) is 28.3 Å². The minimum atomic E-state index is 0.538. The van der Waals surface area contributed by atoms with Crippen LogP contribution in [-0.2, 0) is 12.3 Å². The van der Waals surface area contributed by atoms with Gasteiger partial charge in [0.05, 0.1) is 0 Å². The quantitative estimate of drug-likeness (QED) is 0.639. The van der Waals surface area contributed by atoms with E-state index in [1.54, 1.807) is 0 Å². The number of rotatable bonds is 2. The molecular formula is C17H17BrClN. The van der Waals surface area contributed by atoms with Crippen LogP contribution in [0.2, 0.25) is 0 Å². The van der Waals surface area contributed by atoms with Gasteiger partial charge in [-0.25, -0.2) is 0 Å². The number of hydrogen-bond donors (Lipinski definition) is 0. The molecule has 104 valence electrons. The molecule has 3 heteroatoms. The summed E-state index contributed by atoms with van der Waals surface area (Å²) in [7, 11) is 0. The SMILES string of the molecule is Cc1ccc2c(c1)CCCN2c1ccc(CCl)c(Br)c1. The van der Waals surface area contributed by atoms with E-state index in [9.17, 15) is 0 Å². The topological polar surface area (TPSA) is 3.24 Å². The molecule has 0 aliphatic carbocycles. The predicted octanol–water partition coefficient (Wildman–Crippen LogP) is 5.58. The monoisotopic (exact) mass is 349 g/mol. The molecule has 1 aliphatic heterocycles. The van der Waals surface area contributed by atoms with Gasteiger partial charge in [0.15, 0.2) is 0 Å². The molecule has 1 heterocycles. The summed E-state index contributed by atoms with van der Waals surface area (Å²) >= 11 is 9.54. The second-order valence-corrected chi connectivity index (χ2v) is 6.42. The van der Waals surface area contributed by atoms with Crippen molar-refractivity contribution >= 4 is 38.9 Å². The summed E-state index contributed by atoms with van der Waals surface area (Å²) in [6, 6.07) is 13.2. The first kappa shape index (κ1) is 14.0. The number of alkyl halides is 1. The third kappa shape index (κ3) is 2.59. The summed E-state index contributed by atoms with van der Waals surface area (Å²) < 4.78 is 1.09. The van der Waals surface area contributed by atoms with E-state index in [4.69, 9.17) is 11.6 Å². The summed E-state index contributed by atoms with van der Waals surface area (Å²) in [5.74, 6) is 0.538. The van der Waals surface area contributed by atoms with E-state index >= 15 is 0 Å². The van der Waals surface area contributed by atoms with Crippen LogP contribution in [0, 0.1) is 6.92 Å². The molecule has 0 atom stereocenters. The molecule has 0 unspecified atom stereocenters. The lowest BCUT2D eigenvalue weighted by atomic mass is 9.99. The van der Waals surface area contributed by atoms with Crippen LogP contribution in [0.3, 0.4) is 0 Å². The Bertz CT molecular complexity index is 639. The number of halogens is 2. The molecular weight excluding hydrogens is 334 g/mol. The zero-order valence-corrected chi connectivity index (χ0v) is 13.8. The third-order valence-electron chi connectivity index (χ3n) is 3.85. The molecule has 1 nitrogen and oxygen atoms in total. The Morgan fingerprint density at radius 2 is 2.05 bits per heavy atom. The Hall–Kier alpha value is -0.990. The van der Waals surface area contributed by atoms with E-state index in [2.05, 4.69) is 64.2 Å². The van der Waals surface area contributed by atoms with Crippen LogP contribution in [0.25, 0.3) is 0 Å². The standard InChI is InChI=1S/C17H17BrClN/c1-12-4-7-17-13(9-12)3-2-8-20(17)15-6-5-14(11-19)16(18)10-15/h4-7,9-10H,2-3,8,11H2,1H3. The van der Waals surface area contributed by atoms with Crippen molar-refractivity contribution in [2.24, 2.45) is 0 Å². The van der Waals surface area contributed by atoms with Crippen LogP contribution in [0.4, 0.5) is 11.4 Å². The molecule has 0 N–H and O–H groups in total. The summed E-state index contributed by atoms with van der Waals surface area (Å²) in [5.41, 5.74) is 6.50. The molecule has 0 saturated carbocycles. The van der Waals surface area contributed by atoms with Crippen molar-refractivity contribution in [2.45, 2.75) is 25.6 Å². The molecule has 2 aromatic carbocycles. The van der Waals surface area contributed by atoms with Crippen LogP contribution in [0.15, 0.2) is 40.9 Å². The van der Waals surface area contributed by atoms with Gasteiger partial charge in [0.25, 0.3) is 0 Å². The van der Waals surface area contributed by atoms with Gasteiger partial charge in [-0.3, -0.25) is 0 Å². The highest BCUT2D eigenvalue weighted by atomic mass is 79.9. The van der Waals surface area contributed by atoms with Crippen LogP contribution in [0.5, 0.6) is 0 Å². The van der Waals surface area contributed by atoms with Gasteiger partial charge < -0.3 is 4.90 Å². The van der Waals surface area contributed by atoms with E-state index < -0.39 is 0 Å². The minimum absolute atomic E-state index is 0.538. The maximum absolute atomic E-state index is 5.93. The van der Waals surface area contributed by atoms with Crippen LogP contribution >= 0.6 is 27.5 Å². The zero-order chi connectivity index (χ0) is 14.1. The van der Waals surface area contributed by atoms with E-state index in [-0.39, 0.29) is 0 Å². The van der Waals surface area contributed by atoms with Crippen molar-refractivity contribution in [1.82, 2.24) is 0 Å². The van der Waals surface area contributed by atoms with Crippen molar-refractivity contribution < 1.29 is 0 Å². The Morgan fingerprint density at radius 3 is 2.80 bits per heavy atom. The molecule has 0 bridgehead atoms. The normalized spacial score (nSPS) is 14.2. The number of nitrogens with zero attached hydrogens (tertiary/aromatic N) is 1. The van der Waals surface area contributed by atoms with Crippen molar-refractivity contribution in [2.75, 3.05) is 11.4 Å². The summed E-state index contributed by atoms with van der Waals surface area (Å²) in [6.07, 6.45) is 2.37. The van der Waals surface area contributed by atoms with Crippen LogP contribution < -0.4 is 4.90 Å². The number of anilines is 2. The maximum Gasteiger partial charge on any atom is 0.0485 e. The lowest BCUT2D eigenvalue weighted by Gasteiger charge is -2.32. The molecule has 0 radical (unpaired) electrons. The lowest BCUT2D eigenvalue weighted by molar-refractivity contribution is 0.766. The number of fused-ring (bicyclic) bond motifs is 1. The molecule has 20 heavy (non-hydrogen) atoms. The number of benzene rings is 2. The highest BCUT2D eigenvalue weighted by molar-refractivity contribution is 9.10. The first-order valence-electron chi connectivity index (χ1n) is 6.90. The number of hydrogen-bond acceptors (Lipinski definition) is 1. The first-order valence-corrected chi connectivity index (χ1v) is 8.23. The van der Waals surface area contributed by atoms with Gasteiger partial charge >= 0.3 is 0 Å². The molecule has 2 aromatic rings. The summed E-state index contributed by atoms with van der Waals surface area (Å²) in [4.78, 5) is 2.40. The molecule has 0 fully saturated rings. The molecule has 0 aromatic heterocycles. The third-order valence-corrected chi connectivity index (χ3v) is 4.87. The van der Waals surface area contributed by atoms with Gasteiger partial charge in [-0.15, -0.1) is 11.6 Å². The van der Waals surface area contributed by atoms with Crippen molar-refractivity contribution in [3.63, 3.8) is 0 Å². The van der Waals surface area contributed by atoms with Gasteiger partial charge in [-0.2, -0.15) is 0 Å². The molecule has 3 rings (SSSR count). The molecule has 1 aliphatic rings. The fourth-order valence-electron chi connectivity index (χ4n) is 2.81. The van der Waals surface area contributed by atoms with Gasteiger partial charge in [0.2, 0.25) is 0 Å². The van der Waals surface area contributed by atoms with Crippen molar-refractivity contribution in [1.29, 1.82) is 0 Å². The van der Waals surface area contributed by atoms with Gasteiger partial charge in [-0.05, 0) is 49.1 Å². The largest absolute Gasteiger partial charge is 0.341 e. The summed E-state index contributed by atoms with van der Waals surface area (Å²) in [5, 5.41) is 0. The second kappa shape index (κ2) is 5.79. The molecule has 0 amide bonds. The lowest BCUT2D eigenvalue weighted by Crippen LogP contribution is -2.24. The predicted molar refractivity (Wildman–Crippen MR) is 90.2 cm³/mol. The van der Waals surface area contributed by atoms with Crippen molar-refractivity contribution in [3.05, 3.63) is 57.6 Å². The van der Waals surface area contributed by atoms with Gasteiger partial charge in [0.1, 0.15) is 0 Å². The number of aryl methyl sites for hydroxylation is 2. The molecule has 0 saturated heterocycles. The zero-order valence-electron chi connectivity index (χ0n) is 11.5. The maximum atomic E-state index is 5.93. The Morgan fingerprint density at radius 1 is 1.20 bits per heavy atom. The fourth-order valence-corrected chi connectivity index (χ4v) is 3.71. The Kier molecular flexibility index (Phi) is 4.04.